The molecule has 0 aromatic carbocycles. The predicted molar refractivity (Wildman–Crippen MR) is 82.3 cm³/mol. The zero-order chi connectivity index (χ0) is 13.9. The second kappa shape index (κ2) is 6.55. The Morgan fingerprint density at radius 1 is 1.16 bits per heavy atom. The molecule has 112 valence electrons. The minimum absolute atomic E-state index is 0.327. The van der Waals surface area contributed by atoms with Crippen LogP contribution in [0.15, 0.2) is 0 Å². The van der Waals surface area contributed by atoms with E-state index in [2.05, 4.69) is 30.6 Å². The highest BCUT2D eigenvalue weighted by molar-refractivity contribution is 4.97. The Kier molecular flexibility index (Phi) is 5.27. The minimum Gasteiger partial charge on any atom is -0.329 e. The van der Waals surface area contributed by atoms with Gasteiger partial charge in [0.25, 0.3) is 0 Å². The summed E-state index contributed by atoms with van der Waals surface area (Å²) in [4.78, 5) is 5.37. The van der Waals surface area contributed by atoms with Crippen LogP contribution in [0.2, 0.25) is 0 Å². The van der Waals surface area contributed by atoms with Gasteiger partial charge in [-0.05, 0) is 44.9 Å². The van der Waals surface area contributed by atoms with Crippen molar-refractivity contribution < 1.29 is 0 Å². The Bertz CT molecular complexity index is 263. The quantitative estimate of drug-likeness (QED) is 0.848. The van der Waals surface area contributed by atoms with Gasteiger partial charge in [-0.25, -0.2) is 0 Å². The van der Waals surface area contributed by atoms with Crippen molar-refractivity contribution in [1.82, 2.24) is 9.80 Å². The number of hydrogen-bond acceptors (Lipinski definition) is 3. The van der Waals surface area contributed by atoms with Gasteiger partial charge in [0, 0.05) is 44.3 Å². The molecule has 1 aliphatic carbocycles. The summed E-state index contributed by atoms with van der Waals surface area (Å²) in [6, 6.07) is 0.738. The molecule has 3 heteroatoms. The van der Waals surface area contributed by atoms with Gasteiger partial charge in [0.2, 0.25) is 0 Å². The zero-order valence-corrected chi connectivity index (χ0v) is 13.2. The van der Waals surface area contributed by atoms with Crippen LogP contribution in [0.1, 0.15) is 52.9 Å². The molecular weight excluding hydrogens is 234 g/mol. The molecule has 0 aromatic rings. The fourth-order valence-corrected chi connectivity index (χ4v) is 3.84. The summed E-state index contributed by atoms with van der Waals surface area (Å²) in [5.41, 5.74) is 6.51. The van der Waals surface area contributed by atoms with Gasteiger partial charge >= 0.3 is 0 Å². The molecular formula is C16H33N3. The lowest BCUT2D eigenvalue weighted by Crippen LogP contribution is -2.62. The third-order valence-corrected chi connectivity index (χ3v) is 5.78. The first kappa shape index (κ1) is 15.3. The van der Waals surface area contributed by atoms with Crippen LogP contribution in [0, 0.1) is 5.92 Å². The highest BCUT2D eigenvalue weighted by Gasteiger charge is 2.39. The van der Waals surface area contributed by atoms with Gasteiger partial charge in [0.1, 0.15) is 0 Å². The summed E-state index contributed by atoms with van der Waals surface area (Å²) in [5, 5.41) is 0. The first-order chi connectivity index (χ1) is 9.11. The summed E-state index contributed by atoms with van der Waals surface area (Å²) >= 11 is 0. The summed E-state index contributed by atoms with van der Waals surface area (Å²) in [5.74, 6) is 0.904. The number of nitrogens with two attached hydrogens (primary N) is 1. The molecule has 0 spiro atoms. The van der Waals surface area contributed by atoms with Crippen LogP contribution in [-0.4, -0.2) is 54.1 Å². The van der Waals surface area contributed by atoms with E-state index in [1.165, 1.54) is 58.3 Å². The van der Waals surface area contributed by atoms with Crippen LogP contribution in [-0.2, 0) is 0 Å². The van der Waals surface area contributed by atoms with E-state index in [4.69, 9.17) is 5.73 Å². The standard InChI is InChI=1S/C16H33N3/c1-4-15(3)18-9-11-19(12-10-18)16(13-17)7-5-14(2)6-8-16/h14-15H,4-13,17H2,1-3H3. The SMILES string of the molecule is CCC(C)N1CCN(C2(CN)CCC(C)CC2)CC1. The van der Waals surface area contributed by atoms with Crippen LogP contribution in [0.5, 0.6) is 0 Å². The lowest BCUT2D eigenvalue weighted by atomic mass is 9.75. The molecule has 19 heavy (non-hydrogen) atoms. The Morgan fingerprint density at radius 2 is 1.74 bits per heavy atom. The normalized spacial score (nSPS) is 36.3. The minimum atomic E-state index is 0.327. The molecule has 1 unspecified atom stereocenters. The number of hydrogen-bond donors (Lipinski definition) is 1. The van der Waals surface area contributed by atoms with E-state index >= 15 is 0 Å². The molecule has 1 atom stereocenters. The summed E-state index contributed by atoms with van der Waals surface area (Å²) < 4.78 is 0. The molecule has 2 aliphatic rings. The molecule has 2 fully saturated rings. The second-order valence-electron chi connectivity index (χ2n) is 6.89. The zero-order valence-electron chi connectivity index (χ0n) is 13.2. The van der Waals surface area contributed by atoms with Gasteiger partial charge in [-0.1, -0.05) is 13.8 Å². The van der Waals surface area contributed by atoms with E-state index in [0.717, 1.165) is 18.5 Å². The van der Waals surface area contributed by atoms with Crippen LogP contribution in [0.4, 0.5) is 0 Å². The smallest absolute Gasteiger partial charge is 0.0333 e. The van der Waals surface area contributed by atoms with Crippen LogP contribution >= 0.6 is 0 Å². The number of rotatable bonds is 4. The average Bonchev–Trinajstić information content (AvgIpc) is 2.48. The maximum atomic E-state index is 6.18. The molecule has 0 aromatic heterocycles. The van der Waals surface area contributed by atoms with E-state index in [9.17, 15) is 0 Å². The van der Waals surface area contributed by atoms with Crippen molar-refractivity contribution in [3.8, 4) is 0 Å². The molecule has 1 heterocycles. The van der Waals surface area contributed by atoms with Gasteiger partial charge in [0.15, 0.2) is 0 Å². The van der Waals surface area contributed by atoms with E-state index in [0.29, 0.717) is 5.54 Å². The predicted octanol–water partition coefficient (Wildman–Crippen LogP) is 2.31. The molecule has 0 bridgehead atoms. The van der Waals surface area contributed by atoms with Crippen LogP contribution < -0.4 is 5.73 Å². The Hall–Kier alpha value is -0.120. The second-order valence-corrected chi connectivity index (χ2v) is 6.89. The first-order valence-electron chi connectivity index (χ1n) is 8.30. The molecule has 2 rings (SSSR count). The monoisotopic (exact) mass is 267 g/mol. The topological polar surface area (TPSA) is 32.5 Å². The highest BCUT2D eigenvalue weighted by atomic mass is 15.3. The van der Waals surface area contributed by atoms with Crippen LogP contribution in [0.25, 0.3) is 0 Å². The van der Waals surface area contributed by atoms with Gasteiger partial charge in [-0.15, -0.1) is 0 Å². The third kappa shape index (κ3) is 3.32. The maximum Gasteiger partial charge on any atom is 0.0333 e. The van der Waals surface area contributed by atoms with Crippen molar-refractivity contribution in [3.63, 3.8) is 0 Å². The van der Waals surface area contributed by atoms with Crippen molar-refractivity contribution >= 4 is 0 Å². The maximum absolute atomic E-state index is 6.18. The van der Waals surface area contributed by atoms with Crippen molar-refractivity contribution in [3.05, 3.63) is 0 Å². The Morgan fingerprint density at radius 3 is 2.21 bits per heavy atom. The van der Waals surface area contributed by atoms with Crippen molar-refractivity contribution in [2.75, 3.05) is 32.7 Å². The lowest BCUT2D eigenvalue weighted by molar-refractivity contribution is -0.00391. The largest absolute Gasteiger partial charge is 0.329 e. The third-order valence-electron chi connectivity index (χ3n) is 5.78. The van der Waals surface area contributed by atoms with Gasteiger partial charge in [0.05, 0.1) is 0 Å². The van der Waals surface area contributed by atoms with Crippen molar-refractivity contribution in [1.29, 1.82) is 0 Å². The number of piperazine rings is 1. The van der Waals surface area contributed by atoms with Gasteiger partial charge < -0.3 is 5.73 Å². The molecule has 2 N–H and O–H groups in total. The Labute approximate surface area is 119 Å². The molecule has 0 amide bonds. The molecule has 1 saturated carbocycles. The fourth-order valence-electron chi connectivity index (χ4n) is 3.84. The lowest BCUT2D eigenvalue weighted by Gasteiger charge is -2.51. The highest BCUT2D eigenvalue weighted by Crippen LogP contribution is 2.36. The van der Waals surface area contributed by atoms with E-state index in [1.54, 1.807) is 0 Å². The van der Waals surface area contributed by atoms with E-state index in [1.807, 2.05) is 0 Å². The van der Waals surface area contributed by atoms with Crippen molar-refractivity contribution in [2.24, 2.45) is 11.7 Å². The Balaban J connectivity index is 1.92. The molecule has 3 nitrogen and oxygen atoms in total. The van der Waals surface area contributed by atoms with E-state index < -0.39 is 0 Å². The van der Waals surface area contributed by atoms with Crippen LogP contribution in [0.3, 0.4) is 0 Å². The average molecular weight is 267 g/mol. The van der Waals surface area contributed by atoms with Crippen molar-refractivity contribution in [2.45, 2.75) is 64.5 Å². The number of nitrogens with zero attached hydrogens (tertiary/aromatic N) is 2. The molecule has 0 radical (unpaired) electrons. The summed E-state index contributed by atoms with van der Waals surface area (Å²) in [6.07, 6.45) is 6.62. The molecule has 1 saturated heterocycles. The van der Waals surface area contributed by atoms with Gasteiger partial charge in [-0.2, -0.15) is 0 Å². The molecule has 1 aliphatic heterocycles. The summed E-state index contributed by atoms with van der Waals surface area (Å²) in [7, 11) is 0. The summed E-state index contributed by atoms with van der Waals surface area (Å²) in [6.45, 7) is 12.8. The van der Waals surface area contributed by atoms with Gasteiger partial charge in [-0.3, -0.25) is 9.80 Å². The first-order valence-corrected chi connectivity index (χ1v) is 8.30. The van der Waals surface area contributed by atoms with E-state index in [-0.39, 0.29) is 0 Å². The fraction of sp³-hybridized carbons (Fsp3) is 1.00.